The summed E-state index contributed by atoms with van der Waals surface area (Å²) in [5, 5.41) is 0. The highest BCUT2D eigenvalue weighted by atomic mass is 16.2. The summed E-state index contributed by atoms with van der Waals surface area (Å²) in [6.07, 6.45) is 3.64. The molecule has 2 aromatic heterocycles. The van der Waals surface area contributed by atoms with Crippen LogP contribution in [0.4, 0.5) is 5.69 Å². The lowest BCUT2D eigenvalue weighted by atomic mass is 10.1. The fourth-order valence-corrected chi connectivity index (χ4v) is 4.00. The molecule has 0 atom stereocenters. The monoisotopic (exact) mass is 368 g/mol. The van der Waals surface area contributed by atoms with E-state index in [-0.39, 0.29) is 5.91 Å². The molecule has 5 rings (SSSR count). The molecule has 0 fully saturated rings. The topological polar surface area (TPSA) is 51.0 Å². The van der Waals surface area contributed by atoms with Crippen molar-refractivity contribution in [3.8, 4) is 5.69 Å². The Hall–Kier alpha value is -3.47. The van der Waals surface area contributed by atoms with Gasteiger partial charge in [-0.2, -0.15) is 0 Å². The predicted octanol–water partition coefficient (Wildman–Crippen LogP) is 4.32. The zero-order valence-electron chi connectivity index (χ0n) is 15.7. The first-order valence-electron chi connectivity index (χ1n) is 9.53. The van der Waals surface area contributed by atoms with Gasteiger partial charge in [-0.25, -0.2) is 4.98 Å². The average molecular weight is 368 g/mol. The minimum absolute atomic E-state index is 0.00256. The molecule has 0 aliphatic carbocycles. The Morgan fingerprint density at radius 3 is 2.75 bits per heavy atom. The van der Waals surface area contributed by atoms with Gasteiger partial charge in [0, 0.05) is 24.0 Å². The summed E-state index contributed by atoms with van der Waals surface area (Å²) in [6, 6.07) is 19.8. The van der Waals surface area contributed by atoms with Gasteiger partial charge < -0.3 is 4.90 Å². The number of rotatable bonds is 2. The van der Waals surface area contributed by atoms with Gasteiger partial charge >= 0.3 is 0 Å². The number of para-hydroxylation sites is 1. The zero-order chi connectivity index (χ0) is 19.1. The van der Waals surface area contributed by atoms with Crippen LogP contribution < -0.4 is 4.90 Å². The van der Waals surface area contributed by atoms with Gasteiger partial charge in [0.2, 0.25) is 0 Å². The molecule has 1 amide bonds. The van der Waals surface area contributed by atoms with Crippen molar-refractivity contribution in [2.75, 3.05) is 11.4 Å². The van der Waals surface area contributed by atoms with Crippen molar-refractivity contribution in [2.45, 2.75) is 19.8 Å². The second-order valence-electron chi connectivity index (χ2n) is 7.06. The summed E-state index contributed by atoms with van der Waals surface area (Å²) in [5.74, 6) is 0.904. The SMILES string of the molecule is Cc1nc2cc(C(=O)N3CCCc4ncccc43)ccc2n1-c1ccccc1. The molecule has 28 heavy (non-hydrogen) atoms. The number of aryl methyl sites for hydroxylation is 2. The number of aromatic nitrogens is 3. The van der Waals surface area contributed by atoms with Crippen molar-refractivity contribution in [1.29, 1.82) is 0 Å². The lowest BCUT2D eigenvalue weighted by Crippen LogP contribution is -2.35. The number of carbonyl (C=O) groups is 1. The zero-order valence-corrected chi connectivity index (χ0v) is 15.7. The molecule has 2 aromatic carbocycles. The molecular weight excluding hydrogens is 348 g/mol. The van der Waals surface area contributed by atoms with Crippen molar-refractivity contribution in [1.82, 2.24) is 14.5 Å². The van der Waals surface area contributed by atoms with E-state index >= 15 is 0 Å². The van der Waals surface area contributed by atoms with Crippen LogP contribution in [0.25, 0.3) is 16.7 Å². The lowest BCUT2D eigenvalue weighted by Gasteiger charge is -2.28. The second-order valence-corrected chi connectivity index (χ2v) is 7.06. The smallest absolute Gasteiger partial charge is 0.258 e. The first-order valence-corrected chi connectivity index (χ1v) is 9.53. The summed E-state index contributed by atoms with van der Waals surface area (Å²) in [6.45, 7) is 2.70. The molecule has 0 N–H and O–H groups in total. The maximum atomic E-state index is 13.2. The van der Waals surface area contributed by atoms with Crippen LogP contribution in [-0.2, 0) is 6.42 Å². The number of amides is 1. The standard InChI is InChI=1S/C23H20N4O/c1-16-25-20-15-17(11-12-22(20)27(16)18-7-3-2-4-8-18)23(28)26-14-6-9-19-21(26)10-5-13-24-19/h2-5,7-8,10-13,15H,6,9,14H2,1H3. The molecule has 4 aromatic rings. The van der Waals surface area contributed by atoms with E-state index in [0.717, 1.165) is 46.8 Å². The summed E-state index contributed by atoms with van der Waals surface area (Å²) in [7, 11) is 0. The summed E-state index contributed by atoms with van der Waals surface area (Å²) >= 11 is 0. The number of carbonyl (C=O) groups excluding carboxylic acids is 1. The van der Waals surface area contributed by atoms with Gasteiger partial charge in [-0.15, -0.1) is 0 Å². The normalized spacial score (nSPS) is 13.5. The molecule has 138 valence electrons. The highest BCUT2D eigenvalue weighted by Gasteiger charge is 2.24. The van der Waals surface area contributed by atoms with Crippen LogP contribution in [0.15, 0.2) is 66.9 Å². The Balaban J connectivity index is 1.56. The molecule has 1 aliphatic heterocycles. The first kappa shape index (κ1) is 16.7. The van der Waals surface area contributed by atoms with Gasteiger partial charge in [0.15, 0.2) is 0 Å². The number of hydrogen-bond donors (Lipinski definition) is 0. The Kier molecular flexibility index (Phi) is 3.93. The van der Waals surface area contributed by atoms with Gasteiger partial charge in [0.25, 0.3) is 5.91 Å². The molecular formula is C23H20N4O. The summed E-state index contributed by atoms with van der Waals surface area (Å²) < 4.78 is 2.11. The quantitative estimate of drug-likeness (QED) is 0.529. The minimum atomic E-state index is 0.00256. The van der Waals surface area contributed by atoms with Crippen molar-refractivity contribution in [2.24, 2.45) is 0 Å². The van der Waals surface area contributed by atoms with Gasteiger partial charge in [0.1, 0.15) is 5.82 Å². The Bertz CT molecular complexity index is 1180. The Morgan fingerprint density at radius 2 is 1.89 bits per heavy atom. The van der Waals surface area contributed by atoms with E-state index < -0.39 is 0 Å². The third-order valence-electron chi connectivity index (χ3n) is 5.28. The second kappa shape index (κ2) is 6.60. The molecule has 0 unspecified atom stereocenters. The van der Waals surface area contributed by atoms with E-state index in [1.165, 1.54) is 0 Å². The van der Waals surface area contributed by atoms with E-state index in [0.29, 0.717) is 12.1 Å². The first-order chi connectivity index (χ1) is 13.7. The van der Waals surface area contributed by atoms with Crippen molar-refractivity contribution in [3.05, 3.63) is 83.9 Å². The van der Waals surface area contributed by atoms with Gasteiger partial charge in [-0.3, -0.25) is 14.3 Å². The molecule has 0 radical (unpaired) electrons. The molecule has 0 spiro atoms. The third kappa shape index (κ3) is 2.67. The molecule has 3 heterocycles. The molecule has 5 heteroatoms. The predicted molar refractivity (Wildman–Crippen MR) is 110 cm³/mol. The maximum Gasteiger partial charge on any atom is 0.258 e. The number of imidazole rings is 1. The Labute approximate surface area is 163 Å². The molecule has 1 aliphatic rings. The van der Waals surface area contributed by atoms with Crippen molar-refractivity contribution in [3.63, 3.8) is 0 Å². The van der Waals surface area contributed by atoms with Crippen LogP contribution in [-0.4, -0.2) is 27.0 Å². The van der Waals surface area contributed by atoms with Crippen molar-refractivity contribution >= 4 is 22.6 Å². The maximum absolute atomic E-state index is 13.2. The highest BCUT2D eigenvalue weighted by molar-refractivity contribution is 6.08. The minimum Gasteiger partial charge on any atom is -0.307 e. The van der Waals surface area contributed by atoms with E-state index in [2.05, 4.69) is 21.7 Å². The van der Waals surface area contributed by atoms with E-state index in [4.69, 9.17) is 4.98 Å². The van der Waals surface area contributed by atoms with Crippen LogP contribution in [0, 0.1) is 6.92 Å². The number of fused-ring (bicyclic) bond motifs is 2. The van der Waals surface area contributed by atoms with Gasteiger partial charge in [-0.05, 0) is 62.2 Å². The molecule has 0 bridgehead atoms. The Morgan fingerprint density at radius 1 is 1.04 bits per heavy atom. The fourth-order valence-electron chi connectivity index (χ4n) is 4.00. The third-order valence-corrected chi connectivity index (χ3v) is 5.28. The number of anilines is 1. The number of pyridine rings is 1. The number of hydrogen-bond acceptors (Lipinski definition) is 3. The summed E-state index contributed by atoms with van der Waals surface area (Å²) in [5.41, 5.74) is 5.47. The molecule has 0 saturated heterocycles. The van der Waals surface area contributed by atoms with Crippen molar-refractivity contribution < 1.29 is 4.79 Å². The summed E-state index contributed by atoms with van der Waals surface area (Å²) in [4.78, 5) is 24.2. The van der Waals surface area contributed by atoms with E-state index in [1.54, 1.807) is 6.20 Å². The highest BCUT2D eigenvalue weighted by Crippen LogP contribution is 2.28. The fraction of sp³-hybridized carbons (Fsp3) is 0.174. The van der Waals surface area contributed by atoms with Gasteiger partial charge in [0.05, 0.1) is 22.4 Å². The number of benzene rings is 2. The van der Waals surface area contributed by atoms with Crippen LogP contribution >= 0.6 is 0 Å². The van der Waals surface area contributed by atoms with Gasteiger partial charge in [-0.1, -0.05) is 18.2 Å². The van der Waals surface area contributed by atoms with E-state index in [9.17, 15) is 4.79 Å². The van der Waals surface area contributed by atoms with Crippen LogP contribution in [0.2, 0.25) is 0 Å². The van der Waals surface area contributed by atoms with Crippen LogP contribution in [0.3, 0.4) is 0 Å². The lowest BCUT2D eigenvalue weighted by molar-refractivity contribution is 0.0985. The molecule has 0 saturated carbocycles. The van der Waals surface area contributed by atoms with Crippen LogP contribution in [0.5, 0.6) is 0 Å². The van der Waals surface area contributed by atoms with Crippen LogP contribution in [0.1, 0.15) is 28.3 Å². The average Bonchev–Trinajstić information content (AvgIpc) is 3.08. The largest absolute Gasteiger partial charge is 0.307 e. The molecule has 5 nitrogen and oxygen atoms in total. The number of nitrogens with zero attached hydrogens (tertiary/aromatic N) is 4. The van der Waals surface area contributed by atoms with E-state index in [1.807, 2.05) is 60.4 Å².